The van der Waals surface area contributed by atoms with E-state index in [4.69, 9.17) is 21.1 Å². The average molecular weight is 388 g/mol. The molecule has 0 saturated carbocycles. The molecule has 0 fully saturated rings. The minimum Gasteiger partial charge on any atom is -0.493 e. The van der Waals surface area contributed by atoms with Gasteiger partial charge in [0.2, 0.25) is 0 Å². The molecule has 0 aliphatic rings. The predicted molar refractivity (Wildman–Crippen MR) is 106 cm³/mol. The van der Waals surface area contributed by atoms with Gasteiger partial charge in [-0.1, -0.05) is 17.7 Å². The number of alkyl halides is 1. The third-order valence-electron chi connectivity index (χ3n) is 3.99. The van der Waals surface area contributed by atoms with Gasteiger partial charge >= 0.3 is 5.69 Å². The maximum atomic E-state index is 11.5. The van der Waals surface area contributed by atoms with E-state index >= 15 is 0 Å². The number of benzene rings is 2. The molecule has 0 saturated heterocycles. The van der Waals surface area contributed by atoms with Gasteiger partial charge in [-0.2, -0.15) is 0 Å². The van der Waals surface area contributed by atoms with Crippen molar-refractivity contribution in [3.05, 3.63) is 58.3 Å². The number of pyridine rings is 1. The molecule has 3 rings (SSSR count). The second-order valence-corrected chi connectivity index (χ2v) is 6.20. The topological polar surface area (TPSA) is 86.5 Å². The SMILES string of the molecule is COc1cc2c(Nc3ccc(C)cc3)c([N+](=O)[O-])cnc2cc1OCCCl. The van der Waals surface area contributed by atoms with Gasteiger partial charge in [-0.15, -0.1) is 11.6 Å². The Hall–Kier alpha value is -3.06. The first-order chi connectivity index (χ1) is 13.0. The number of ether oxygens (including phenoxy) is 2. The van der Waals surface area contributed by atoms with Gasteiger partial charge in [-0.3, -0.25) is 10.1 Å². The average Bonchev–Trinajstić information content (AvgIpc) is 2.67. The summed E-state index contributed by atoms with van der Waals surface area (Å²) in [6.45, 7) is 2.28. The van der Waals surface area contributed by atoms with E-state index in [1.165, 1.54) is 13.3 Å². The highest BCUT2D eigenvalue weighted by Gasteiger charge is 2.20. The zero-order valence-corrected chi connectivity index (χ0v) is 15.6. The third kappa shape index (κ3) is 4.03. The molecule has 0 aliphatic heterocycles. The van der Waals surface area contributed by atoms with Crippen molar-refractivity contribution in [1.29, 1.82) is 0 Å². The zero-order chi connectivity index (χ0) is 19.4. The van der Waals surface area contributed by atoms with Gasteiger partial charge in [0.1, 0.15) is 18.5 Å². The van der Waals surface area contributed by atoms with Crippen molar-refractivity contribution >= 4 is 39.6 Å². The number of hydrogen-bond acceptors (Lipinski definition) is 6. The Balaban J connectivity index is 2.16. The molecule has 27 heavy (non-hydrogen) atoms. The quantitative estimate of drug-likeness (QED) is 0.355. The van der Waals surface area contributed by atoms with Gasteiger partial charge in [0, 0.05) is 17.1 Å². The van der Waals surface area contributed by atoms with Crippen molar-refractivity contribution in [2.24, 2.45) is 0 Å². The van der Waals surface area contributed by atoms with Gasteiger partial charge < -0.3 is 14.8 Å². The lowest BCUT2D eigenvalue weighted by molar-refractivity contribution is -0.384. The van der Waals surface area contributed by atoms with Gasteiger partial charge in [0.15, 0.2) is 11.5 Å². The highest BCUT2D eigenvalue weighted by atomic mass is 35.5. The first kappa shape index (κ1) is 18.7. The van der Waals surface area contributed by atoms with Crippen LogP contribution < -0.4 is 14.8 Å². The normalized spacial score (nSPS) is 10.6. The third-order valence-corrected chi connectivity index (χ3v) is 4.14. The van der Waals surface area contributed by atoms with Crippen LogP contribution in [0.2, 0.25) is 0 Å². The first-order valence-electron chi connectivity index (χ1n) is 8.21. The maximum Gasteiger partial charge on any atom is 0.311 e. The molecule has 1 aromatic heterocycles. The number of anilines is 2. The monoisotopic (exact) mass is 387 g/mol. The zero-order valence-electron chi connectivity index (χ0n) is 14.9. The molecule has 0 spiro atoms. The summed E-state index contributed by atoms with van der Waals surface area (Å²) in [4.78, 5) is 15.3. The summed E-state index contributed by atoms with van der Waals surface area (Å²) in [5, 5.41) is 15.2. The number of rotatable bonds is 7. The van der Waals surface area contributed by atoms with Gasteiger partial charge in [-0.25, -0.2) is 4.98 Å². The Morgan fingerprint density at radius 2 is 1.96 bits per heavy atom. The van der Waals surface area contributed by atoms with Crippen LogP contribution in [0.3, 0.4) is 0 Å². The summed E-state index contributed by atoms with van der Waals surface area (Å²) >= 11 is 5.68. The molecule has 8 heteroatoms. The number of nitrogens with zero attached hydrogens (tertiary/aromatic N) is 2. The van der Waals surface area contributed by atoms with Crippen LogP contribution in [0, 0.1) is 17.0 Å². The number of hydrogen-bond donors (Lipinski definition) is 1. The van der Waals surface area contributed by atoms with Crippen LogP contribution in [0.15, 0.2) is 42.6 Å². The first-order valence-corrected chi connectivity index (χ1v) is 8.74. The fraction of sp³-hybridized carbons (Fsp3) is 0.211. The Labute approximate surface area is 161 Å². The number of methoxy groups -OCH3 is 1. The Kier molecular flexibility index (Phi) is 5.61. The standard InChI is InChI=1S/C19H18ClN3O4/c1-12-3-5-13(6-4-12)22-19-14-9-17(26-2)18(27-8-7-20)10-15(14)21-11-16(19)23(24)25/h3-6,9-11H,7-8H2,1-2H3,(H,21,22). The molecule has 0 radical (unpaired) electrons. The minimum atomic E-state index is -0.465. The highest BCUT2D eigenvalue weighted by Crippen LogP contribution is 2.39. The van der Waals surface area contributed by atoms with E-state index in [0.717, 1.165) is 11.3 Å². The number of nitro groups is 1. The fourth-order valence-electron chi connectivity index (χ4n) is 2.66. The highest BCUT2D eigenvalue weighted by molar-refractivity contribution is 6.18. The van der Waals surface area contributed by atoms with Crippen LogP contribution in [0.4, 0.5) is 17.1 Å². The molecular weight excluding hydrogens is 370 g/mol. The molecule has 0 amide bonds. The van der Waals surface area contributed by atoms with E-state index in [1.807, 2.05) is 31.2 Å². The van der Waals surface area contributed by atoms with Crippen LogP contribution in [0.5, 0.6) is 11.5 Å². The van der Waals surface area contributed by atoms with Crippen molar-refractivity contribution in [3.63, 3.8) is 0 Å². The lowest BCUT2D eigenvalue weighted by Gasteiger charge is -2.14. The fourth-order valence-corrected chi connectivity index (χ4v) is 2.74. The van der Waals surface area contributed by atoms with E-state index in [0.29, 0.717) is 40.6 Å². The lowest BCUT2D eigenvalue weighted by Crippen LogP contribution is -2.02. The second-order valence-electron chi connectivity index (χ2n) is 5.82. The molecule has 0 unspecified atom stereocenters. The van der Waals surface area contributed by atoms with E-state index < -0.39 is 4.92 Å². The van der Waals surface area contributed by atoms with Crippen molar-refractivity contribution in [1.82, 2.24) is 4.98 Å². The lowest BCUT2D eigenvalue weighted by atomic mass is 10.1. The molecule has 2 aromatic carbocycles. The van der Waals surface area contributed by atoms with E-state index in [-0.39, 0.29) is 5.69 Å². The molecule has 3 aromatic rings. The molecule has 0 aliphatic carbocycles. The van der Waals surface area contributed by atoms with E-state index in [2.05, 4.69) is 10.3 Å². The second kappa shape index (κ2) is 8.09. The molecule has 7 nitrogen and oxygen atoms in total. The van der Waals surface area contributed by atoms with Crippen LogP contribution in [0.25, 0.3) is 10.9 Å². The summed E-state index contributed by atoms with van der Waals surface area (Å²) in [5.74, 6) is 1.25. The van der Waals surface area contributed by atoms with Crippen LogP contribution in [-0.4, -0.2) is 29.5 Å². The Morgan fingerprint density at radius 1 is 1.22 bits per heavy atom. The molecule has 140 valence electrons. The van der Waals surface area contributed by atoms with E-state index in [9.17, 15) is 10.1 Å². The van der Waals surface area contributed by atoms with Crippen LogP contribution in [-0.2, 0) is 0 Å². The number of nitrogens with one attached hydrogen (secondary N) is 1. The van der Waals surface area contributed by atoms with Gasteiger partial charge in [0.05, 0.1) is 23.4 Å². The smallest absolute Gasteiger partial charge is 0.311 e. The summed E-state index contributed by atoms with van der Waals surface area (Å²) in [7, 11) is 1.51. The summed E-state index contributed by atoms with van der Waals surface area (Å²) < 4.78 is 11.0. The van der Waals surface area contributed by atoms with Crippen molar-refractivity contribution in [2.45, 2.75) is 6.92 Å². The molecule has 1 heterocycles. The maximum absolute atomic E-state index is 11.5. The van der Waals surface area contributed by atoms with Crippen molar-refractivity contribution in [3.8, 4) is 11.5 Å². The van der Waals surface area contributed by atoms with Crippen molar-refractivity contribution in [2.75, 3.05) is 24.9 Å². The van der Waals surface area contributed by atoms with Gasteiger partial charge in [0.25, 0.3) is 0 Å². The molecule has 1 N–H and O–H groups in total. The summed E-state index contributed by atoms with van der Waals surface area (Å²) in [6.07, 6.45) is 1.23. The number of halogens is 1. The van der Waals surface area contributed by atoms with Crippen molar-refractivity contribution < 1.29 is 14.4 Å². The predicted octanol–water partition coefficient (Wildman–Crippen LogP) is 4.82. The number of aromatic nitrogens is 1. The largest absolute Gasteiger partial charge is 0.493 e. The summed E-state index contributed by atoms with van der Waals surface area (Å²) in [6, 6.07) is 10.9. The molecule has 0 atom stereocenters. The molecular formula is C19H18ClN3O4. The van der Waals surface area contributed by atoms with Gasteiger partial charge in [-0.05, 0) is 25.1 Å². The number of aryl methyl sites for hydroxylation is 1. The van der Waals surface area contributed by atoms with Crippen LogP contribution >= 0.6 is 11.6 Å². The minimum absolute atomic E-state index is 0.125. The van der Waals surface area contributed by atoms with E-state index in [1.54, 1.807) is 12.1 Å². The van der Waals surface area contributed by atoms with Crippen LogP contribution in [0.1, 0.15) is 5.56 Å². The Bertz CT molecular complexity index is 977. The Morgan fingerprint density at radius 3 is 2.59 bits per heavy atom. The molecule has 0 bridgehead atoms. The number of fused-ring (bicyclic) bond motifs is 1. The summed E-state index contributed by atoms with van der Waals surface area (Å²) in [5.41, 5.74) is 2.59.